The van der Waals surface area contributed by atoms with E-state index in [4.69, 9.17) is 0 Å². The van der Waals surface area contributed by atoms with Crippen LogP contribution in [-0.4, -0.2) is 0 Å². The maximum Gasteiger partial charge on any atom is 0.0159 e. The zero-order valence-electron chi connectivity index (χ0n) is 31.9. The lowest BCUT2D eigenvalue weighted by atomic mass is 9.75. The Labute approximate surface area is 304 Å². The Hall–Kier alpha value is -4.94. The van der Waals surface area contributed by atoms with Gasteiger partial charge in [0, 0.05) is 5.41 Å². The third kappa shape index (κ3) is 4.45. The highest BCUT2D eigenvalue weighted by Crippen LogP contribution is 2.61. The minimum atomic E-state index is -0.137. The van der Waals surface area contributed by atoms with Crippen molar-refractivity contribution in [1.82, 2.24) is 0 Å². The van der Waals surface area contributed by atoms with E-state index in [-0.39, 0.29) is 16.2 Å². The van der Waals surface area contributed by atoms with Crippen LogP contribution in [0, 0.1) is 13.8 Å². The first-order valence-corrected chi connectivity index (χ1v) is 18.7. The van der Waals surface area contributed by atoms with E-state index in [0.29, 0.717) is 0 Å². The van der Waals surface area contributed by atoms with Crippen molar-refractivity contribution < 1.29 is 0 Å². The maximum absolute atomic E-state index is 2.56. The molecular weight excluding hydrogens is 613 g/mol. The van der Waals surface area contributed by atoms with E-state index in [1.807, 2.05) is 0 Å². The van der Waals surface area contributed by atoms with Crippen LogP contribution in [0.15, 0.2) is 109 Å². The van der Waals surface area contributed by atoms with Crippen LogP contribution in [0.1, 0.15) is 88.8 Å². The summed E-state index contributed by atoms with van der Waals surface area (Å²) >= 11 is 0. The highest BCUT2D eigenvalue weighted by molar-refractivity contribution is 6.28. The van der Waals surface area contributed by atoms with Gasteiger partial charge in [0.05, 0.1) is 0 Å². The van der Waals surface area contributed by atoms with E-state index in [0.717, 1.165) is 0 Å². The Morgan fingerprint density at radius 3 is 1.57 bits per heavy atom. The van der Waals surface area contributed by atoms with Gasteiger partial charge in [-0.05, 0) is 141 Å². The molecule has 0 aromatic heterocycles. The van der Waals surface area contributed by atoms with Crippen LogP contribution in [0.2, 0.25) is 0 Å². The number of hydrogen-bond donors (Lipinski definition) is 0. The van der Waals surface area contributed by atoms with Gasteiger partial charge in [0.15, 0.2) is 0 Å². The quantitative estimate of drug-likeness (QED) is 0.173. The first-order valence-electron chi connectivity index (χ1n) is 18.7. The number of hydrogen-bond acceptors (Lipinski definition) is 0. The predicted octanol–water partition coefficient (Wildman–Crippen LogP) is 14.5. The molecule has 2 aliphatic rings. The molecule has 51 heavy (non-hydrogen) atoms. The molecule has 7 aromatic rings. The summed E-state index contributed by atoms with van der Waals surface area (Å²) in [6, 6.07) is 42.3. The Morgan fingerprint density at radius 2 is 0.961 bits per heavy atom. The Kier molecular flexibility index (Phi) is 6.62. The molecule has 0 radical (unpaired) electrons. The van der Waals surface area contributed by atoms with Gasteiger partial charge in [-0.25, -0.2) is 0 Å². The lowest BCUT2D eigenvalue weighted by Gasteiger charge is -2.28. The summed E-state index contributed by atoms with van der Waals surface area (Å²) in [6.07, 6.45) is 0. The summed E-state index contributed by atoms with van der Waals surface area (Å²) < 4.78 is 0. The molecule has 0 nitrogen and oxygen atoms in total. The van der Waals surface area contributed by atoms with Gasteiger partial charge in [0.1, 0.15) is 0 Å². The minimum Gasteiger partial charge on any atom is -0.0617 e. The largest absolute Gasteiger partial charge is 0.0617 e. The third-order valence-corrected chi connectivity index (χ3v) is 12.2. The Bertz CT molecular complexity index is 2600. The zero-order valence-corrected chi connectivity index (χ0v) is 31.9. The molecule has 0 aliphatic heterocycles. The average molecular weight is 661 g/mol. The van der Waals surface area contributed by atoms with Crippen molar-refractivity contribution in [3.05, 3.63) is 143 Å². The van der Waals surface area contributed by atoms with Crippen molar-refractivity contribution in [2.75, 3.05) is 0 Å². The van der Waals surface area contributed by atoms with Gasteiger partial charge in [0.25, 0.3) is 0 Å². The van der Waals surface area contributed by atoms with Crippen molar-refractivity contribution >= 4 is 21.5 Å². The summed E-state index contributed by atoms with van der Waals surface area (Å²) in [4.78, 5) is 0. The van der Waals surface area contributed by atoms with Crippen LogP contribution in [0.4, 0.5) is 0 Å². The van der Waals surface area contributed by atoms with E-state index >= 15 is 0 Å². The second kappa shape index (κ2) is 10.5. The molecule has 2 aliphatic carbocycles. The van der Waals surface area contributed by atoms with Crippen molar-refractivity contribution in [2.45, 2.75) is 85.5 Å². The van der Waals surface area contributed by atoms with Gasteiger partial charge in [-0.1, -0.05) is 159 Å². The van der Waals surface area contributed by atoms with Gasteiger partial charge < -0.3 is 0 Å². The smallest absolute Gasteiger partial charge is 0.0159 e. The van der Waals surface area contributed by atoms with Gasteiger partial charge in [-0.15, -0.1) is 0 Å². The van der Waals surface area contributed by atoms with Crippen LogP contribution in [0.25, 0.3) is 77.2 Å². The van der Waals surface area contributed by atoms with Gasteiger partial charge in [0.2, 0.25) is 0 Å². The van der Waals surface area contributed by atoms with Gasteiger partial charge in [-0.3, -0.25) is 0 Å². The number of rotatable bonds is 2. The van der Waals surface area contributed by atoms with Crippen LogP contribution in [-0.2, 0) is 16.2 Å². The molecular formula is C51H48. The standard InChI is InChI=1S/C51H48/c1-29-16-13-17-30(2)42(29)46-35-21-12-11-20-34(35)45(47-37-22-14-18-31-19-15-23-38(43(31)37)48(46)47)39-26-33(50(6,7)8)28-41-44(39)36-25-24-32(49(3,4)5)27-40(36)51(41,9)10/h11-28H,1-10H3. The fourth-order valence-electron chi connectivity index (χ4n) is 9.43. The van der Waals surface area contributed by atoms with E-state index in [2.05, 4.69) is 178 Å². The van der Waals surface area contributed by atoms with Crippen LogP contribution < -0.4 is 0 Å². The molecule has 0 heteroatoms. The van der Waals surface area contributed by atoms with Crippen molar-refractivity contribution in [3.63, 3.8) is 0 Å². The molecule has 0 fully saturated rings. The fourth-order valence-corrected chi connectivity index (χ4v) is 9.43. The molecule has 7 aromatic carbocycles. The second-order valence-electron chi connectivity index (χ2n) is 17.9. The number of fused-ring (bicyclic) bond motifs is 7. The average Bonchev–Trinajstić information content (AvgIpc) is 3.53. The minimum absolute atomic E-state index is 0.0225. The third-order valence-electron chi connectivity index (χ3n) is 12.2. The highest BCUT2D eigenvalue weighted by Gasteiger charge is 2.41. The summed E-state index contributed by atoms with van der Waals surface area (Å²) in [6.45, 7) is 23.6. The van der Waals surface area contributed by atoms with Gasteiger partial charge in [-0.2, -0.15) is 0 Å². The second-order valence-corrected chi connectivity index (χ2v) is 17.9. The fraction of sp³-hybridized carbons (Fsp3) is 0.255. The molecule has 0 amide bonds. The molecule has 0 atom stereocenters. The summed E-state index contributed by atoms with van der Waals surface area (Å²) in [5.74, 6) is 0. The van der Waals surface area contributed by atoms with E-state index in [1.165, 1.54) is 111 Å². The predicted molar refractivity (Wildman–Crippen MR) is 221 cm³/mol. The SMILES string of the molecule is Cc1cccc(C)c1-c1c2c(c(-c3cc(C(C)(C)C)cc4c3-c3ccc(C(C)(C)C)cc3C4(C)C)c3ccccc13)-c1cccc3cccc-2c13. The van der Waals surface area contributed by atoms with E-state index in [9.17, 15) is 0 Å². The molecule has 0 heterocycles. The molecule has 0 spiro atoms. The normalized spacial score (nSPS) is 14.2. The zero-order chi connectivity index (χ0) is 35.8. The monoisotopic (exact) mass is 660 g/mol. The van der Waals surface area contributed by atoms with Crippen molar-refractivity contribution in [2.24, 2.45) is 0 Å². The highest BCUT2D eigenvalue weighted by atomic mass is 14.4. The molecule has 0 unspecified atom stereocenters. The summed E-state index contributed by atoms with van der Waals surface area (Å²) in [7, 11) is 0. The van der Waals surface area contributed by atoms with Gasteiger partial charge >= 0.3 is 0 Å². The topological polar surface area (TPSA) is 0 Å². The van der Waals surface area contributed by atoms with Crippen molar-refractivity contribution in [3.8, 4) is 55.6 Å². The summed E-state index contributed by atoms with van der Waals surface area (Å²) in [5, 5.41) is 5.32. The lowest BCUT2D eigenvalue weighted by molar-refractivity contribution is 0.580. The van der Waals surface area contributed by atoms with E-state index < -0.39 is 0 Å². The Morgan fingerprint density at radius 1 is 0.412 bits per heavy atom. The van der Waals surface area contributed by atoms with Crippen LogP contribution in [0.3, 0.4) is 0 Å². The molecule has 0 bridgehead atoms. The molecule has 0 saturated carbocycles. The number of aryl methyl sites for hydroxylation is 2. The molecule has 252 valence electrons. The molecule has 0 saturated heterocycles. The van der Waals surface area contributed by atoms with Crippen LogP contribution >= 0.6 is 0 Å². The summed E-state index contributed by atoms with van der Waals surface area (Å²) in [5.41, 5.74) is 21.9. The molecule has 9 rings (SSSR count). The molecule has 0 N–H and O–H groups in total. The first-order chi connectivity index (χ1) is 24.2. The van der Waals surface area contributed by atoms with E-state index in [1.54, 1.807) is 0 Å². The number of benzene rings is 7. The first kappa shape index (κ1) is 32.0. The maximum atomic E-state index is 2.56. The van der Waals surface area contributed by atoms with Crippen LogP contribution in [0.5, 0.6) is 0 Å². The lowest BCUT2D eigenvalue weighted by Crippen LogP contribution is -2.19. The Balaban J connectivity index is 1.52. The van der Waals surface area contributed by atoms with Crippen molar-refractivity contribution in [1.29, 1.82) is 0 Å².